The Bertz CT molecular complexity index is 1510. The number of anilines is 3. The molecule has 3 aromatic carbocycles. The highest BCUT2D eigenvalue weighted by atomic mass is 16.6. The third-order valence-corrected chi connectivity index (χ3v) is 7.54. The lowest BCUT2D eigenvalue weighted by atomic mass is 10.1. The number of ether oxygens (including phenoxy) is 3. The lowest BCUT2D eigenvalue weighted by molar-refractivity contribution is 0.209. The van der Waals surface area contributed by atoms with Crippen molar-refractivity contribution in [1.82, 2.24) is 14.9 Å². The monoisotopic (exact) mass is 567 g/mol. The maximum Gasteiger partial charge on any atom is 0.425 e. The van der Waals surface area contributed by atoms with Gasteiger partial charge in [-0.15, -0.1) is 0 Å². The smallest absolute Gasteiger partial charge is 0.425 e. The SMILES string of the molecule is COc1ccc(N(C(=O)Oc2c(C)cccc2C)c2cc(Cc3ccc(N4CCN(C)CC4)cc3)ncn2)c(OC)c1. The van der Waals surface area contributed by atoms with E-state index in [1.54, 1.807) is 32.4 Å². The number of hydrogen-bond acceptors (Lipinski definition) is 8. The van der Waals surface area contributed by atoms with Gasteiger partial charge in [-0.1, -0.05) is 30.3 Å². The standard InChI is InChI=1S/C33H37N5O4/c1-23-7-6-8-24(2)32(23)42-33(39)38(29-14-13-28(40-4)21-30(29)41-5)31-20-26(34-22-35-31)19-25-9-11-27(12-10-25)37-17-15-36(3)16-18-37/h6-14,20-22H,15-19H2,1-5H3. The fraction of sp³-hybridized carbons (Fsp3) is 0.303. The molecule has 42 heavy (non-hydrogen) atoms. The minimum atomic E-state index is -0.614. The quantitative estimate of drug-likeness (QED) is 0.265. The van der Waals surface area contributed by atoms with Gasteiger partial charge in [-0.05, 0) is 61.9 Å². The fourth-order valence-corrected chi connectivity index (χ4v) is 5.08. The average Bonchev–Trinajstić information content (AvgIpc) is 3.00. The van der Waals surface area contributed by atoms with E-state index in [4.69, 9.17) is 14.2 Å². The lowest BCUT2D eigenvalue weighted by Gasteiger charge is -2.34. The van der Waals surface area contributed by atoms with Gasteiger partial charge in [-0.3, -0.25) is 0 Å². The molecule has 0 unspecified atom stereocenters. The third-order valence-electron chi connectivity index (χ3n) is 7.54. The van der Waals surface area contributed by atoms with Crippen LogP contribution in [0, 0.1) is 13.8 Å². The molecule has 0 atom stereocenters. The summed E-state index contributed by atoms with van der Waals surface area (Å²) in [6, 6.07) is 21.4. The predicted molar refractivity (Wildman–Crippen MR) is 165 cm³/mol. The highest BCUT2D eigenvalue weighted by Gasteiger charge is 2.27. The van der Waals surface area contributed by atoms with Crippen LogP contribution in [-0.4, -0.2) is 68.4 Å². The summed E-state index contributed by atoms with van der Waals surface area (Å²) in [5.74, 6) is 1.91. The Morgan fingerprint density at radius 1 is 0.881 bits per heavy atom. The minimum absolute atomic E-state index is 0.369. The molecule has 218 valence electrons. The summed E-state index contributed by atoms with van der Waals surface area (Å²) in [6.45, 7) is 7.98. The molecule has 1 aliphatic rings. The van der Waals surface area contributed by atoms with Crippen molar-refractivity contribution in [2.45, 2.75) is 20.3 Å². The number of carbonyl (C=O) groups is 1. The summed E-state index contributed by atoms with van der Waals surface area (Å²) in [4.78, 5) is 29.0. The van der Waals surface area contributed by atoms with Crippen molar-refractivity contribution < 1.29 is 19.0 Å². The Kier molecular flexibility index (Phi) is 8.88. The molecule has 9 nitrogen and oxygen atoms in total. The fourth-order valence-electron chi connectivity index (χ4n) is 5.08. The molecular weight excluding hydrogens is 530 g/mol. The molecule has 0 spiro atoms. The summed E-state index contributed by atoms with van der Waals surface area (Å²) in [7, 11) is 5.28. The molecule has 0 bridgehead atoms. The number of rotatable bonds is 8. The molecule has 1 saturated heterocycles. The summed E-state index contributed by atoms with van der Waals surface area (Å²) in [6.07, 6.45) is 1.44. The molecule has 0 radical (unpaired) electrons. The van der Waals surface area contributed by atoms with Gasteiger partial charge in [-0.25, -0.2) is 19.7 Å². The first-order valence-electron chi connectivity index (χ1n) is 14.0. The van der Waals surface area contributed by atoms with E-state index in [1.807, 2.05) is 38.1 Å². The molecule has 2 heterocycles. The van der Waals surface area contributed by atoms with E-state index in [1.165, 1.54) is 16.9 Å². The maximum atomic E-state index is 13.9. The van der Waals surface area contributed by atoms with E-state index >= 15 is 0 Å². The zero-order valence-electron chi connectivity index (χ0n) is 24.8. The second-order valence-electron chi connectivity index (χ2n) is 10.5. The van der Waals surface area contributed by atoms with Crippen molar-refractivity contribution in [2.24, 2.45) is 0 Å². The largest absolute Gasteiger partial charge is 0.497 e. The third kappa shape index (κ3) is 6.47. The average molecular weight is 568 g/mol. The van der Waals surface area contributed by atoms with Crippen LogP contribution in [-0.2, 0) is 6.42 Å². The van der Waals surface area contributed by atoms with Crippen molar-refractivity contribution in [3.8, 4) is 17.2 Å². The number of para-hydroxylation sites is 1. The molecule has 0 N–H and O–H groups in total. The Morgan fingerprint density at radius 3 is 2.26 bits per heavy atom. The van der Waals surface area contributed by atoms with Gasteiger partial charge in [0, 0.05) is 50.4 Å². The van der Waals surface area contributed by atoms with Crippen LogP contribution < -0.4 is 24.0 Å². The Balaban J connectivity index is 1.45. The van der Waals surface area contributed by atoms with E-state index in [9.17, 15) is 4.79 Å². The molecule has 4 aromatic rings. The summed E-state index contributed by atoms with van der Waals surface area (Å²) >= 11 is 0. The van der Waals surface area contributed by atoms with Gasteiger partial charge in [-0.2, -0.15) is 0 Å². The molecule has 1 fully saturated rings. The molecule has 0 aliphatic carbocycles. The van der Waals surface area contributed by atoms with Gasteiger partial charge in [0.15, 0.2) is 0 Å². The lowest BCUT2D eigenvalue weighted by Crippen LogP contribution is -2.44. The van der Waals surface area contributed by atoms with Crippen molar-refractivity contribution in [3.05, 3.63) is 95.4 Å². The molecule has 9 heteroatoms. The number of benzene rings is 3. The van der Waals surface area contributed by atoms with Crippen molar-refractivity contribution in [2.75, 3.05) is 57.2 Å². The Labute approximate surface area is 247 Å². The number of nitrogens with zero attached hydrogens (tertiary/aromatic N) is 5. The van der Waals surface area contributed by atoms with Crippen LogP contribution in [0.5, 0.6) is 17.2 Å². The summed E-state index contributed by atoms with van der Waals surface area (Å²) in [5.41, 5.74) is 5.29. The highest BCUT2D eigenvalue weighted by Crippen LogP contribution is 2.37. The van der Waals surface area contributed by atoms with Gasteiger partial charge < -0.3 is 24.0 Å². The Morgan fingerprint density at radius 2 is 1.60 bits per heavy atom. The number of amides is 1. The van der Waals surface area contributed by atoms with Gasteiger partial charge in [0.2, 0.25) is 0 Å². The van der Waals surface area contributed by atoms with Crippen LogP contribution in [0.25, 0.3) is 0 Å². The topological polar surface area (TPSA) is 80.3 Å². The number of aryl methyl sites for hydroxylation is 2. The normalized spacial score (nSPS) is 13.5. The van der Waals surface area contributed by atoms with Crippen molar-refractivity contribution in [1.29, 1.82) is 0 Å². The summed E-state index contributed by atoms with van der Waals surface area (Å²) in [5, 5.41) is 0. The predicted octanol–water partition coefficient (Wildman–Crippen LogP) is 5.79. The van der Waals surface area contributed by atoms with Crippen LogP contribution in [0.1, 0.15) is 22.4 Å². The van der Waals surface area contributed by atoms with Gasteiger partial charge in [0.05, 0.1) is 25.6 Å². The molecule has 1 aromatic heterocycles. The molecule has 0 saturated carbocycles. The second-order valence-corrected chi connectivity index (χ2v) is 10.5. The van der Waals surface area contributed by atoms with E-state index < -0.39 is 6.09 Å². The molecular formula is C33H37N5O4. The molecule has 5 rings (SSSR count). The van der Waals surface area contributed by atoms with Crippen LogP contribution >= 0.6 is 0 Å². The van der Waals surface area contributed by atoms with Crippen LogP contribution in [0.15, 0.2) is 73.1 Å². The second kappa shape index (κ2) is 12.9. The van der Waals surface area contributed by atoms with Crippen LogP contribution in [0.2, 0.25) is 0 Å². The molecule has 1 aliphatic heterocycles. The van der Waals surface area contributed by atoms with Gasteiger partial charge >= 0.3 is 6.09 Å². The number of piperazine rings is 1. The number of likely N-dealkylation sites (N-methyl/N-ethyl adjacent to an activating group) is 1. The zero-order chi connectivity index (χ0) is 29.6. The van der Waals surface area contributed by atoms with Crippen molar-refractivity contribution >= 4 is 23.3 Å². The van der Waals surface area contributed by atoms with Gasteiger partial charge in [0.25, 0.3) is 0 Å². The van der Waals surface area contributed by atoms with E-state index in [2.05, 4.69) is 51.1 Å². The van der Waals surface area contributed by atoms with Crippen LogP contribution in [0.4, 0.5) is 22.0 Å². The van der Waals surface area contributed by atoms with E-state index in [0.29, 0.717) is 35.2 Å². The first-order chi connectivity index (χ1) is 20.4. The summed E-state index contributed by atoms with van der Waals surface area (Å²) < 4.78 is 17.0. The number of carbonyl (C=O) groups excluding carboxylic acids is 1. The first-order valence-corrected chi connectivity index (χ1v) is 14.0. The van der Waals surface area contributed by atoms with E-state index in [-0.39, 0.29) is 0 Å². The maximum absolute atomic E-state index is 13.9. The molecule has 1 amide bonds. The Hall–Kier alpha value is -4.63. The van der Waals surface area contributed by atoms with Crippen LogP contribution in [0.3, 0.4) is 0 Å². The van der Waals surface area contributed by atoms with Gasteiger partial charge in [0.1, 0.15) is 29.4 Å². The minimum Gasteiger partial charge on any atom is -0.497 e. The first kappa shape index (κ1) is 28.9. The zero-order valence-corrected chi connectivity index (χ0v) is 24.8. The van der Waals surface area contributed by atoms with Crippen molar-refractivity contribution in [3.63, 3.8) is 0 Å². The number of methoxy groups -OCH3 is 2. The number of aromatic nitrogens is 2. The number of hydrogen-bond donors (Lipinski definition) is 0. The highest BCUT2D eigenvalue weighted by molar-refractivity contribution is 5.98. The van der Waals surface area contributed by atoms with E-state index in [0.717, 1.165) is 48.6 Å².